The molecule has 1 aliphatic rings. The lowest BCUT2D eigenvalue weighted by atomic mass is 10.0. The number of hydrogen-bond acceptors (Lipinski definition) is 3. The number of para-hydroxylation sites is 1. The molecule has 1 aromatic carbocycles. The van der Waals surface area contributed by atoms with Crippen LogP contribution >= 0.6 is 0 Å². The van der Waals surface area contributed by atoms with Gasteiger partial charge in [0.05, 0.1) is 13.7 Å². The van der Waals surface area contributed by atoms with Crippen LogP contribution < -0.4 is 4.74 Å². The van der Waals surface area contributed by atoms with Crippen molar-refractivity contribution in [2.75, 3.05) is 26.8 Å². The first kappa shape index (κ1) is 14.1. The van der Waals surface area contributed by atoms with Crippen LogP contribution in [0.1, 0.15) is 24.8 Å². The number of aliphatic hydroxyl groups excluding tert-OH is 1. The lowest BCUT2D eigenvalue weighted by Gasteiger charge is -2.33. The summed E-state index contributed by atoms with van der Waals surface area (Å²) in [7, 11) is 1.69. The predicted molar refractivity (Wildman–Crippen MR) is 78.3 cm³/mol. The molecular formula is C16H23NO2. The van der Waals surface area contributed by atoms with Gasteiger partial charge < -0.3 is 9.84 Å². The minimum absolute atomic E-state index is 0.266. The molecule has 0 spiro atoms. The summed E-state index contributed by atoms with van der Waals surface area (Å²) in [6, 6.07) is 8.34. The predicted octanol–water partition coefficient (Wildman–Crippen LogP) is 2.56. The van der Waals surface area contributed by atoms with Crippen molar-refractivity contribution in [1.82, 2.24) is 4.90 Å². The molecule has 0 aliphatic carbocycles. The molecule has 1 N–H and O–H groups in total. The van der Waals surface area contributed by atoms with Crippen molar-refractivity contribution in [2.45, 2.75) is 25.3 Å². The Kier molecular flexibility index (Phi) is 5.43. The first-order chi connectivity index (χ1) is 9.35. The molecule has 1 atom stereocenters. The summed E-state index contributed by atoms with van der Waals surface area (Å²) in [5.41, 5.74) is 1.10. The van der Waals surface area contributed by atoms with Crippen LogP contribution in [0.3, 0.4) is 0 Å². The third-order valence-corrected chi connectivity index (χ3v) is 3.74. The number of ether oxygens (including phenoxy) is 1. The summed E-state index contributed by atoms with van der Waals surface area (Å²) < 4.78 is 5.33. The molecule has 19 heavy (non-hydrogen) atoms. The zero-order valence-electron chi connectivity index (χ0n) is 11.6. The monoisotopic (exact) mass is 261 g/mol. The third kappa shape index (κ3) is 3.82. The summed E-state index contributed by atoms with van der Waals surface area (Å²) in [6.07, 6.45) is 7.84. The van der Waals surface area contributed by atoms with E-state index in [1.807, 2.05) is 18.2 Å². The fourth-order valence-electron chi connectivity index (χ4n) is 2.63. The van der Waals surface area contributed by atoms with E-state index in [2.05, 4.69) is 23.1 Å². The minimum atomic E-state index is 0.266. The Hall–Kier alpha value is -1.32. The molecule has 1 unspecified atom stereocenters. The first-order valence-corrected chi connectivity index (χ1v) is 6.99. The highest BCUT2D eigenvalue weighted by atomic mass is 16.5. The van der Waals surface area contributed by atoms with Crippen molar-refractivity contribution in [2.24, 2.45) is 0 Å². The summed E-state index contributed by atoms with van der Waals surface area (Å²) >= 11 is 0. The van der Waals surface area contributed by atoms with Crippen molar-refractivity contribution >= 4 is 6.08 Å². The zero-order valence-corrected chi connectivity index (χ0v) is 11.6. The molecule has 0 saturated carbocycles. The van der Waals surface area contributed by atoms with Crippen molar-refractivity contribution in [3.8, 4) is 5.75 Å². The third-order valence-electron chi connectivity index (χ3n) is 3.74. The average molecular weight is 261 g/mol. The van der Waals surface area contributed by atoms with E-state index in [4.69, 9.17) is 4.74 Å². The minimum Gasteiger partial charge on any atom is -0.496 e. The van der Waals surface area contributed by atoms with Gasteiger partial charge in [0.15, 0.2) is 0 Å². The summed E-state index contributed by atoms with van der Waals surface area (Å²) in [5, 5.41) is 9.37. The maximum absolute atomic E-state index is 9.37. The van der Waals surface area contributed by atoms with Crippen LogP contribution in [-0.2, 0) is 0 Å². The molecule has 1 heterocycles. The molecule has 1 fully saturated rings. The van der Waals surface area contributed by atoms with Gasteiger partial charge in [-0.25, -0.2) is 0 Å². The molecule has 0 bridgehead atoms. The molecule has 0 aromatic heterocycles. The van der Waals surface area contributed by atoms with Gasteiger partial charge in [0.25, 0.3) is 0 Å². The van der Waals surface area contributed by atoms with Gasteiger partial charge in [-0.1, -0.05) is 36.8 Å². The number of aliphatic hydroxyl groups is 1. The van der Waals surface area contributed by atoms with Crippen LogP contribution in [0.4, 0.5) is 0 Å². The van der Waals surface area contributed by atoms with Gasteiger partial charge in [-0.15, -0.1) is 0 Å². The molecule has 1 aromatic rings. The Balaban J connectivity index is 1.95. The molecule has 3 heteroatoms. The summed E-state index contributed by atoms with van der Waals surface area (Å²) in [5.74, 6) is 0.899. The van der Waals surface area contributed by atoms with E-state index >= 15 is 0 Å². The number of likely N-dealkylation sites (tertiary alicyclic amines) is 1. The van der Waals surface area contributed by atoms with Crippen molar-refractivity contribution in [1.29, 1.82) is 0 Å². The number of nitrogens with zero attached hydrogens (tertiary/aromatic N) is 1. The Labute approximate surface area is 115 Å². The SMILES string of the molecule is COc1ccccc1/C=C\CN1CCCCC1CO. The van der Waals surface area contributed by atoms with E-state index in [1.54, 1.807) is 7.11 Å². The smallest absolute Gasteiger partial charge is 0.126 e. The number of rotatable bonds is 5. The van der Waals surface area contributed by atoms with Gasteiger partial charge in [0.2, 0.25) is 0 Å². The van der Waals surface area contributed by atoms with Crippen LogP contribution in [0.2, 0.25) is 0 Å². The zero-order chi connectivity index (χ0) is 13.5. The molecule has 0 radical (unpaired) electrons. The summed E-state index contributed by atoms with van der Waals surface area (Å²) in [4.78, 5) is 2.36. The Morgan fingerprint density at radius 1 is 1.37 bits per heavy atom. The molecule has 1 saturated heterocycles. The van der Waals surface area contributed by atoms with Crippen molar-refractivity contribution in [3.63, 3.8) is 0 Å². The van der Waals surface area contributed by atoms with Gasteiger partial charge in [-0.2, -0.15) is 0 Å². The Bertz CT molecular complexity index is 417. The van der Waals surface area contributed by atoms with Gasteiger partial charge >= 0.3 is 0 Å². The highest BCUT2D eigenvalue weighted by Crippen LogP contribution is 2.20. The van der Waals surface area contributed by atoms with Gasteiger partial charge in [-0.05, 0) is 25.5 Å². The molecular weight excluding hydrogens is 238 g/mol. The van der Waals surface area contributed by atoms with Gasteiger partial charge in [0, 0.05) is 18.2 Å². The normalized spacial score (nSPS) is 20.8. The van der Waals surface area contributed by atoms with Crippen molar-refractivity contribution < 1.29 is 9.84 Å². The van der Waals surface area contributed by atoms with E-state index in [-0.39, 0.29) is 6.61 Å². The molecule has 1 aliphatic heterocycles. The van der Waals surface area contributed by atoms with E-state index in [0.29, 0.717) is 6.04 Å². The van der Waals surface area contributed by atoms with E-state index in [9.17, 15) is 5.11 Å². The molecule has 0 amide bonds. The van der Waals surface area contributed by atoms with Crippen LogP contribution in [0.25, 0.3) is 6.08 Å². The maximum atomic E-state index is 9.37. The van der Waals surface area contributed by atoms with E-state index in [1.165, 1.54) is 12.8 Å². The van der Waals surface area contributed by atoms with Crippen molar-refractivity contribution in [3.05, 3.63) is 35.9 Å². The molecule has 104 valence electrons. The number of piperidine rings is 1. The van der Waals surface area contributed by atoms with Gasteiger partial charge in [0.1, 0.15) is 5.75 Å². The fraction of sp³-hybridized carbons (Fsp3) is 0.500. The topological polar surface area (TPSA) is 32.7 Å². The average Bonchev–Trinajstić information content (AvgIpc) is 2.48. The lowest BCUT2D eigenvalue weighted by Crippen LogP contribution is -2.41. The largest absolute Gasteiger partial charge is 0.496 e. The lowest BCUT2D eigenvalue weighted by molar-refractivity contribution is 0.101. The molecule has 3 nitrogen and oxygen atoms in total. The maximum Gasteiger partial charge on any atom is 0.126 e. The number of benzene rings is 1. The highest BCUT2D eigenvalue weighted by molar-refractivity contribution is 5.57. The standard InChI is InChI=1S/C16H23NO2/c1-19-16-10-3-2-7-14(16)8-6-12-17-11-5-4-9-15(17)13-18/h2-3,6-8,10,15,18H,4-5,9,11-13H2,1H3/b8-6-. The number of hydrogen-bond donors (Lipinski definition) is 1. The van der Waals surface area contributed by atoms with E-state index in [0.717, 1.165) is 30.8 Å². The van der Waals surface area contributed by atoms with Crippen LogP contribution in [-0.4, -0.2) is 42.9 Å². The second-order valence-electron chi connectivity index (χ2n) is 4.97. The Morgan fingerprint density at radius 3 is 3.00 bits per heavy atom. The second kappa shape index (κ2) is 7.31. The van der Waals surface area contributed by atoms with E-state index < -0.39 is 0 Å². The fourth-order valence-corrected chi connectivity index (χ4v) is 2.63. The molecule has 2 rings (SSSR count). The second-order valence-corrected chi connectivity index (χ2v) is 4.97. The Morgan fingerprint density at radius 2 is 2.21 bits per heavy atom. The first-order valence-electron chi connectivity index (χ1n) is 6.99. The quantitative estimate of drug-likeness (QED) is 0.884. The highest BCUT2D eigenvalue weighted by Gasteiger charge is 2.19. The van der Waals surface area contributed by atoms with Gasteiger partial charge in [-0.3, -0.25) is 4.90 Å². The van der Waals surface area contributed by atoms with Crippen LogP contribution in [0.5, 0.6) is 5.75 Å². The summed E-state index contributed by atoms with van der Waals surface area (Å²) in [6.45, 7) is 2.24. The number of methoxy groups -OCH3 is 1. The van der Waals surface area contributed by atoms with Crippen LogP contribution in [0.15, 0.2) is 30.3 Å². The van der Waals surface area contributed by atoms with Crippen LogP contribution in [0, 0.1) is 0 Å².